The lowest BCUT2D eigenvalue weighted by Gasteiger charge is -2.07. The van der Waals surface area contributed by atoms with Crippen molar-refractivity contribution in [3.05, 3.63) is 63.7 Å². The molecule has 0 saturated heterocycles. The van der Waals surface area contributed by atoms with Crippen LogP contribution in [0.15, 0.2) is 42.5 Å². The Hall–Kier alpha value is -2.89. The second kappa shape index (κ2) is 6.71. The summed E-state index contributed by atoms with van der Waals surface area (Å²) in [4.78, 5) is 22.3. The fourth-order valence-corrected chi connectivity index (χ4v) is 2.07. The average molecular weight is 300 g/mol. The van der Waals surface area contributed by atoms with Crippen LogP contribution in [0.5, 0.6) is 5.75 Å². The molecule has 1 amide bonds. The van der Waals surface area contributed by atoms with Gasteiger partial charge in [-0.1, -0.05) is 12.1 Å². The number of hydrogen-bond donors (Lipinski definition) is 1. The Morgan fingerprint density at radius 3 is 2.45 bits per heavy atom. The van der Waals surface area contributed by atoms with E-state index in [1.807, 2.05) is 12.1 Å². The standard InChI is InChI=1S/C16H16N2O4/c1-11-9-13(5-8-15(11)18(20)21)17-16(19)10-12-3-6-14(22-2)7-4-12/h3-9H,10H2,1-2H3,(H,17,19). The van der Waals surface area contributed by atoms with E-state index in [1.165, 1.54) is 12.1 Å². The van der Waals surface area contributed by atoms with Gasteiger partial charge in [0.05, 0.1) is 18.5 Å². The number of nitro benzene ring substituents is 1. The molecular formula is C16H16N2O4. The predicted octanol–water partition coefficient (Wildman–Crippen LogP) is 3.09. The molecule has 0 heterocycles. The number of rotatable bonds is 5. The average Bonchev–Trinajstić information content (AvgIpc) is 2.47. The quantitative estimate of drug-likeness (QED) is 0.679. The molecule has 0 aromatic heterocycles. The molecule has 6 nitrogen and oxygen atoms in total. The zero-order chi connectivity index (χ0) is 16.1. The van der Waals surface area contributed by atoms with Gasteiger partial charge in [-0.15, -0.1) is 0 Å². The summed E-state index contributed by atoms with van der Waals surface area (Å²) in [6, 6.07) is 11.7. The summed E-state index contributed by atoms with van der Waals surface area (Å²) in [5.74, 6) is 0.550. The highest BCUT2D eigenvalue weighted by Gasteiger charge is 2.11. The van der Waals surface area contributed by atoms with Crippen molar-refractivity contribution in [3.8, 4) is 5.75 Å². The van der Waals surface area contributed by atoms with Gasteiger partial charge >= 0.3 is 0 Å². The lowest BCUT2D eigenvalue weighted by Crippen LogP contribution is -2.14. The lowest BCUT2D eigenvalue weighted by atomic mass is 10.1. The van der Waals surface area contributed by atoms with Gasteiger partial charge in [0, 0.05) is 17.3 Å². The van der Waals surface area contributed by atoms with Crippen molar-refractivity contribution >= 4 is 17.3 Å². The second-order valence-corrected chi connectivity index (χ2v) is 4.83. The minimum absolute atomic E-state index is 0.0353. The summed E-state index contributed by atoms with van der Waals surface area (Å²) in [6.07, 6.45) is 0.222. The normalized spacial score (nSPS) is 10.1. The molecule has 6 heteroatoms. The van der Waals surface area contributed by atoms with Crippen LogP contribution >= 0.6 is 0 Å². The molecule has 0 spiro atoms. The molecule has 0 aliphatic rings. The molecule has 0 atom stereocenters. The maximum absolute atomic E-state index is 12.0. The summed E-state index contributed by atoms with van der Waals surface area (Å²) < 4.78 is 5.06. The monoisotopic (exact) mass is 300 g/mol. The van der Waals surface area contributed by atoms with Gasteiger partial charge in [0.15, 0.2) is 0 Å². The number of methoxy groups -OCH3 is 1. The molecule has 2 rings (SSSR count). The molecular weight excluding hydrogens is 284 g/mol. The topological polar surface area (TPSA) is 81.5 Å². The van der Waals surface area contributed by atoms with Crippen LogP contribution in [0, 0.1) is 17.0 Å². The summed E-state index contributed by atoms with van der Waals surface area (Å²) in [5, 5.41) is 13.5. The number of nitrogens with one attached hydrogen (secondary N) is 1. The zero-order valence-electron chi connectivity index (χ0n) is 12.3. The molecule has 0 aliphatic heterocycles. The van der Waals surface area contributed by atoms with Crippen LogP contribution < -0.4 is 10.1 Å². The number of benzene rings is 2. The molecule has 114 valence electrons. The van der Waals surface area contributed by atoms with Crippen molar-refractivity contribution in [2.45, 2.75) is 13.3 Å². The van der Waals surface area contributed by atoms with Crippen LogP contribution in [0.1, 0.15) is 11.1 Å². The Labute approximate surface area is 127 Å². The summed E-state index contributed by atoms with van der Waals surface area (Å²) in [7, 11) is 1.58. The van der Waals surface area contributed by atoms with Crippen LogP contribution in [0.2, 0.25) is 0 Å². The van der Waals surface area contributed by atoms with Gasteiger partial charge < -0.3 is 10.1 Å². The number of carbonyl (C=O) groups is 1. The van der Waals surface area contributed by atoms with Crippen LogP contribution in [-0.4, -0.2) is 17.9 Å². The van der Waals surface area contributed by atoms with Crippen LogP contribution in [0.3, 0.4) is 0 Å². The van der Waals surface area contributed by atoms with Gasteiger partial charge in [-0.2, -0.15) is 0 Å². The smallest absolute Gasteiger partial charge is 0.272 e. The number of carbonyl (C=O) groups excluding carboxylic acids is 1. The van der Waals surface area contributed by atoms with Gasteiger partial charge in [-0.25, -0.2) is 0 Å². The maximum Gasteiger partial charge on any atom is 0.272 e. The molecule has 0 fully saturated rings. The van der Waals surface area contributed by atoms with Crippen molar-refractivity contribution < 1.29 is 14.5 Å². The largest absolute Gasteiger partial charge is 0.497 e. The third-order valence-corrected chi connectivity index (χ3v) is 3.20. The van der Waals surface area contributed by atoms with Gasteiger partial charge in [0.1, 0.15) is 5.75 Å². The molecule has 2 aromatic carbocycles. The molecule has 0 aliphatic carbocycles. The minimum Gasteiger partial charge on any atom is -0.497 e. The SMILES string of the molecule is COc1ccc(CC(=O)Nc2ccc([N+](=O)[O-])c(C)c2)cc1. The van der Waals surface area contributed by atoms with E-state index in [0.29, 0.717) is 11.3 Å². The number of nitro groups is 1. The van der Waals surface area contributed by atoms with Crippen LogP contribution in [0.25, 0.3) is 0 Å². The molecule has 1 N–H and O–H groups in total. The Kier molecular flexibility index (Phi) is 4.73. The Bertz CT molecular complexity index is 696. The van der Waals surface area contributed by atoms with Crippen molar-refractivity contribution in [2.24, 2.45) is 0 Å². The van der Waals surface area contributed by atoms with E-state index in [0.717, 1.165) is 11.3 Å². The maximum atomic E-state index is 12.0. The molecule has 2 aromatic rings. The highest BCUT2D eigenvalue weighted by Crippen LogP contribution is 2.21. The van der Waals surface area contributed by atoms with Crippen molar-refractivity contribution in [1.29, 1.82) is 0 Å². The van der Waals surface area contributed by atoms with Gasteiger partial charge in [-0.05, 0) is 36.8 Å². The van der Waals surface area contributed by atoms with E-state index in [2.05, 4.69) is 5.32 Å². The highest BCUT2D eigenvalue weighted by molar-refractivity contribution is 5.92. The van der Waals surface area contributed by atoms with Gasteiger partial charge in [0.2, 0.25) is 5.91 Å². The van der Waals surface area contributed by atoms with E-state index in [9.17, 15) is 14.9 Å². The Morgan fingerprint density at radius 1 is 1.23 bits per heavy atom. The van der Waals surface area contributed by atoms with Gasteiger partial charge in [-0.3, -0.25) is 14.9 Å². The molecule has 0 radical (unpaired) electrons. The van der Waals surface area contributed by atoms with E-state index < -0.39 is 4.92 Å². The number of ether oxygens (including phenoxy) is 1. The first-order valence-corrected chi connectivity index (χ1v) is 6.67. The molecule has 0 unspecified atom stereocenters. The fraction of sp³-hybridized carbons (Fsp3) is 0.188. The van der Waals surface area contributed by atoms with Crippen LogP contribution in [0.4, 0.5) is 11.4 Å². The third-order valence-electron chi connectivity index (χ3n) is 3.20. The first-order valence-electron chi connectivity index (χ1n) is 6.67. The number of aryl methyl sites for hydroxylation is 1. The van der Waals surface area contributed by atoms with Crippen molar-refractivity contribution in [2.75, 3.05) is 12.4 Å². The number of nitrogens with zero attached hydrogens (tertiary/aromatic N) is 1. The van der Waals surface area contributed by atoms with E-state index >= 15 is 0 Å². The summed E-state index contributed by atoms with van der Waals surface area (Å²) in [5.41, 5.74) is 1.94. The molecule has 22 heavy (non-hydrogen) atoms. The summed E-state index contributed by atoms with van der Waals surface area (Å²) in [6.45, 7) is 1.64. The number of anilines is 1. The zero-order valence-corrected chi connectivity index (χ0v) is 12.3. The Balaban J connectivity index is 2.02. The van der Waals surface area contributed by atoms with E-state index in [1.54, 1.807) is 32.2 Å². The molecule has 0 bridgehead atoms. The van der Waals surface area contributed by atoms with Crippen molar-refractivity contribution in [1.82, 2.24) is 0 Å². The first kappa shape index (κ1) is 15.5. The third kappa shape index (κ3) is 3.82. The summed E-state index contributed by atoms with van der Waals surface area (Å²) >= 11 is 0. The highest BCUT2D eigenvalue weighted by atomic mass is 16.6. The van der Waals surface area contributed by atoms with Crippen LogP contribution in [-0.2, 0) is 11.2 Å². The predicted molar refractivity (Wildman–Crippen MR) is 83.2 cm³/mol. The van der Waals surface area contributed by atoms with E-state index in [4.69, 9.17) is 4.74 Å². The first-order chi connectivity index (χ1) is 10.5. The van der Waals surface area contributed by atoms with E-state index in [-0.39, 0.29) is 18.0 Å². The number of hydrogen-bond acceptors (Lipinski definition) is 4. The minimum atomic E-state index is -0.446. The second-order valence-electron chi connectivity index (χ2n) is 4.83. The lowest BCUT2D eigenvalue weighted by molar-refractivity contribution is -0.385. The van der Waals surface area contributed by atoms with Crippen molar-refractivity contribution in [3.63, 3.8) is 0 Å². The van der Waals surface area contributed by atoms with Gasteiger partial charge in [0.25, 0.3) is 5.69 Å². The Morgan fingerprint density at radius 2 is 1.91 bits per heavy atom. The number of amides is 1. The fourth-order valence-electron chi connectivity index (χ4n) is 2.07. The molecule has 0 saturated carbocycles.